The van der Waals surface area contributed by atoms with Crippen molar-refractivity contribution in [1.82, 2.24) is 0 Å². The summed E-state index contributed by atoms with van der Waals surface area (Å²) < 4.78 is 16.4. The van der Waals surface area contributed by atoms with Gasteiger partial charge in [0.1, 0.15) is 11.5 Å². The van der Waals surface area contributed by atoms with Crippen molar-refractivity contribution in [2.75, 3.05) is 0 Å². The molecule has 0 spiro atoms. The second kappa shape index (κ2) is 9.76. The summed E-state index contributed by atoms with van der Waals surface area (Å²) in [4.78, 5) is 24.6. The minimum atomic E-state index is -0.720. The van der Waals surface area contributed by atoms with Crippen LogP contribution in [0.15, 0.2) is 48.5 Å². The number of carbonyl (C=O) groups excluding carboxylic acids is 2. The Morgan fingerprint density at radius 2 is 1.19 bits per heavy atom. The van der Waals surface area contributed by atoms with Crippen LogP contribution >= 0.6 is 0 Å². The van der Waals surface area contributed by atoms with E-state index in [0.717, 1.165) is 12.8 Å². The molecule has 2 atom stereocenters. The molecule has 2 aromatic carbocycles. The molecule has 0 aromatic heterocycles. The van der Waals surface area contributed by atoms with Crippen LogP contribution in [0.25, 0.3) is 0 Å². The van der Waals surface area contributed by atoms with E-state index in [4.69, 9.17) is 14.2 Å². The SMILES string of the molecule is CCC(C)Oc1cccc(C(=O)OC(=O)c2cccc(OC(C)CC)c2)c1. The third kappa shape index (κ3) is 6.13. The van der Waals surface area contributed by atoms with E-state index in [1.807, 2.05) is 27.7 Å². The zero-order chi connectivity index (χ0) is 19.8. The largest absolute Gasteiger partial charge is 0.491 e. The number of hydrogen-bond donors (Lipinski definition) is 0. The summed E-state index contributed by atoms with van der Waals surface area (Å²) in [6.45, 7) is 7.92. The molecule has 5 nitrogen and oxygen atoms in total. The molecule has 0 heterocycles. The lowest BCUT2D eigenvalue weighted by molar-refractivity contribution is 0.0396. The van der Waals surface area contributed by atoms with Crippen molar-refractivity contribution in [2.24, 2.45) is 0 Å². The van der Waals surface area contributed by atoms with E-state index in [1.165, 1.54) is 0 Å². The summed E-state index contributed by atoms with van der Waals surface area (Å²) in [6.07, 6.45) is 1.77. The molecule has 0 saturated heterocycles. The first kappa shape index (κ1) is 20.5. The topological polar surface area (TPSA) is 61.8 Å². The van der Waals surface area contributed by atoms with Crippen molar-refractivity contribution in [3.05, 3.63) is 59.7 Å². The Morgan fingerprint density at radius 1 is 0.778 bits per heavy atom. The van der Waals surface area contributed by atoms with Gasteiger partial charge in [0, 0.05) is 0 Å². The maximum atomic E-state index is 12.3. The predicted octanol–water partition coefficient (Wildman–Crippen LogP) is 5.04. The van der Waals surface area contributed by atoms with E-state index in [1.54, 1.807) is 48.5 Å². The van der Waals surface area contributed by atoms with E-state index in [0.29, 0.717) is 11.5 Å². The number of ether oxygens (including phenoxy) is 3. The van der Waals surface area contributed by atoms with Crippen LogP contribution in [-0.4, -0.2) is 24.1 Å². The summed E-state index contributed by atoms with van der Waals surface area (Å²) in [7, 11) is 0. The highest BCUT2D eigenvalue weighted by atomic mass is 16.6. The Kier molecular flexibility index (Phi) is 7.41. The van der Waals surface area contributed by atoms with Gasteiger partial charge in [0.2, 0.25) is 0 Å². The van der Waals surface area contributed by atoms with Crippen molar-refractivity contribution >= 4 is 11.9 Å². The Bertz CT molecular complexity index is 718. The van der Waals surface area contributed by atoms with E-state index in [-0.39, 0.29) is 23.3 Å². The number of hydrogen-bond acceptors (Lipinski definition) is 5. The van der Waals surface area contributed by atoms with Gasteiger partial charge in [-0.1, -0.05) is 26.0 Å². The van der Waals surface area contributed by atoms with Gasteiger partial charge in [-0.25, -0.2) is 9.59 Å². The fourth-order valence-corrected chi connectivity index (χ4v) is 2.23. The smallest absolute Gasteiger partial charge is 0.346 e. The van der Waals surface area contributed by atoms with Gasteiger partial charge in [-0.15, -0.1) is 0 Å². The maximum absolute atomic E-state index is 12.3. The van der Waals surface area contributed by atoms with E-state index in [2.05, 4.69) is 0 Å². The molecule has 144 valence electrons. The molecular formula is C22H26O5. The summed E-state index contributed by atoms with van der Waals surface area (Å²) in [6, 6.07) is 13.2. The molecule has 2 aromatic rings. The average Bonchev–Trinajstić information content (AvgIpc) is 2.68. The van der Waals surface area contributed by atoms with Crippen LogP contribution < -0.4 is 9.47 Å². The number of carbonyl (C=O) groups is 2. The van der Waals surface area contributed by atoms with Gasteiger partial charge < -0.3 is 14.2 Å². The van der Waals surface area contributed by atoms with E-state index >= 15 is 0 Å². The van der Waals surface area contributed by atoms with Crippen molar-refractivity contribution in [3.63, 3.8) is 0 Å². The molecule has 5 heteroatoms. The second-order valence-electron chi connectivity index (χ2n) is 6.41. The third-order valence-corrected chi connectivity index (χ3v) is 4.15. The highest BCUT2D eigenvalue weighted by molar-refractivity contribution is 6.02. The van der Waals surface area contributed by atoms with Crippen molar-refractivity contribution in [1.29, 1.82) is 0 Å². The predicted molar refractivity (Wildman–Crippen MR) is 103 cm³/mol. The molecular weight excluding hydrogens is 344 g/mol. The molecule has 2 rings (SSSR count). The van der Waals surface area contributed by atoms with Gasteiger partial charge >= 0.3 is 11.9 Å². The van der Waals surface area contributed by atoms with Crippen LogP contribution in [0.1, 0.15) is 61.3 Å². The van der Waals surface area contributed by atoms with Crippen LogP contribution in [-0.2, 0) is 4.74 Å². The van der Waals surface area contributed by atoms with Gasteiger partial charge in [-0.3, -0.25) is 0 Å². The van der Waals surface area contributed by atoms with Gasteiger partial charge in [-0.05, 0) is 63.1 Å². The van der Waals surface area contributed by atoms with Gasteiger partial charge in [-0.2, -0.15) is 0 Å². The minimum Gasteiger partial charge on any atom is -0.491 e. The van der Waals surface area contributed by atoms with Crippen molar-refractivity contribution in [2.45, 2.75) is 52.7 Å². The zero-order valence-electron chi connectivity index (χ0n) is 16.2. The van der Waals surface area contributed by atoms with Crippen molar-refractivity contribution in [3.8, 4) is 11.5 Å². The lowest BCUT2D eigenvalue weighted by Gasteiger charge is -2.13. The van der Waals surface area contributed by atoms with Crippen LogP contribution in [0.2, 0.25) is 0 Å². The summed E-state index contributed by atoms with van der Waals surface area (Å²) in [5.74, 6) is -0.309. The standard InChI is InChI=1S/C22H26O5/c1-5-15(3)25-19-11-7-9-17(13-19)21(23)27-22(24)18-10-8-12-20(14-18)26-16(4)6-2/h7-16H,5-6H2,1-4H3. The first-order valence-corrected chi connectivity index (χ1v) is 9.22. The number of rotatable bonds is 8. The molecule has 0 saturated carbocycles. The number of benzene rings is 2. The average molecular weight is 370 g/mol. The lowest BCUT2D eigenvalue weighted by Crippen LogP contribution is -2.14. The summed E-state index contributed by atoms with van der Waals surface area (Å²) in [5, 5.41) is 0. The minimum absolute atomic E-state index is 0.0335. The first-order chi connectivity index (χ1) is 12.9. The fourth-order valence-electron chi connectivity index (χ4n) is 2.23. The van der Waals surface area contributed by atoms with Crippen LogP contribution in [0.5, 0.6) is 11.5 Å². The first-order valence-electron chi connectivity index (χ1n) is 9.22. The zero-order valence-corrected chi connectivity index (χ0v) is 16.2. The maximum Gasteiger partial charge on any atom is 0.346 e. The normalized spacial score (nSPS) is 12.7. The molecule has 0 radical (unpaired) electrons. The van der Waals surface area contributed by atoms with Gasteiger partial charge in [0.15, 0.2) is 0 Å². The fraction of sp³-hybridized carbons (Fsp3) is 0.364. The Labute approximate surface area is 160 Å². The Morgan fingerprint density at radius 3 is 1.56 bits per heavy atom. The molecule has 27 heavy (non-hydrogen) atoms. The molecule has 0 aliphatic rings. The quantitative estimate of drug-likeness (QED) is 0.481. The molecule has 0 bridgehead atoms. The monoisotopic (exact) mass is 370 g/mol. The van der Waals surface area contributed by atoms with Crippen LogP contribution in [0, 0.1) is 0 Å². The third-order valence-electron chi connectivity index (χ3n) is 4.15. The number of esters is 2. The lowest BCUT2D eigenvalue weighted by atomic mass is 10.2. The molecule has 0 N–H and O–H groups in total. The van der Waals surface area contributed by atoms with E-state index in [9.17, 15) is 9.59 Å². The van der Waals surface area contributed by atoms with Gasteiger partial charge in [0.05, 0.1) is 23.3 Å². The summed E-state index contributed by atoms with van der Waals surface area (Å²) in [5.41, 5.74) is 0.521. The summed E-state index contributed by atoms with van der Waals surface area (Å²) >= 11 is 0. The van der Waals surface area contributed by atoms with Crippen molar-refractivity contribution < 1.29 is 23.8 Å². The Hall–Kier alpha value is -2.82. The Balaban J connectivity index is 2.06. The molecule has 0 fully saturated rings. The van der Waals surface area contributed by atoms with Crippen LogP contribution in [0.3, 0.4) is 0 Å². The van der Waals surface area contributed by atoms with E-state index < -0.39 is 11.9 Å². The van der Waals surface area contributed by atoms with Gasteiger partial charge in [0.25, 0.3) is 0 Å². The molecule has 2 unspecified atom stereocenters. The highest BCUT2D eigenvalue weighted by Crippen LogP contribution is 2.19. The van der Waals surface area contributed by atoms with Crippen LogP contribution in [0.4, 0.5) is 0 Å². The molecule has 0 aliphatic heterocycles. The molecule has 0 amide bonds. The molecule has 0 aliphatic carbocycles. The second-order valence-corrected chi connectivity index (χ2v) is 6.41. The highest BCUT2D eigenvalue weighted by Gasteiger charge is 2.17.